The number of nitriles is 1. The number of hydrogen-bond donors (Lipinski definition) is 2. The van der Waals surface area contributed by atoms with Crippen LogP contribution in [-0.4, -0.2) is 15.2 Å². The highest BCUT2D eigenvalue weighted by Gasteiger charge is 2.13. The average Bonchev–Trinajstić information content (AvgIpc) is 2.93. The first-order valence-corrected chi connectivity index (χ1v) is 7.96. The lowest BCUT2D eigenvalue weighted by molar-refractivity contribution is 0.973. The van der Waals surface area contributed by atoms with Gasteiger partial charge in [0.15, 0.2) is 0 Å². The summed E-state index contributed by atoms with van der Waals surface area (Å²) in [6, 6.07) is 10.7. The fraction of sp³-hybridized carbons (Fsp3) is 0.0625. The molecule has 0 radical (unpaired) electrons. The zero-order chi connectivity index (χ0) is 17.3. The van der Waals surface area contributed by atoms with E-state index in [0.717, 1.165) is 11.1 Å². The van der Waals surface area contributed by atoms with Gasteiger partial charge in [-0.15, -0.1) is 5.10 Å². The van der Waals surface area contributed by atoms with Crippen molar-refractivity contribution < 1.29 is 0 Å². The molecule has 0 saturated heterocycles. The second kappa shape index (κ2) is 6.70. The van der Waals surface area contributed by atoms with Gasteiger partial charge in [0.05, 0.1) is 20.6 Å². The Hall–Kier alpha value is -2.26. The smallest absolute Gasteiger partial charge is 0.239 e. The summed E-state index contributed by atoms with van der Waals surface area (Å²) in [6.07, 6.45) is 0.466. The standard InChI is InChI=1S/C16H10Cl3N5/c17-11-2-1-9(6-10(11)7-20)15-12(18)3-8(4-13(15)19)5-14-22-16(21)24-23-14/h1-4,6H,5H2,(H3,21,22,23,24). The zero-order valence-corrected chi connectivity index (χ0v) is 14.4. The second-order valence-electron chi connectivity index (χ2n) is 5.06. The van der Waals surface area contributed by atoms with Crippen LogP contribution in [0.15, 0.2) is 30.3 Å². The van der Waals surface area contributed by atoms with Crippen molar-refractivity contribution in [2.24, 2.45) is 0 Å². The highest BCUT2D eigenvalue weighted by molar-refractivity contribution is 6.39. The Kier molecular flexibility index (Phi) is 4.63. The van der Waals surface area contributed by atoms with Gasteiger partial charge in [-0.25, -0.2) is 0 Å². The highest BCUT2D eigenvalue weighted by atomic mass is 35.5. The first-order valence-electron chi connectivity index (χ1n) is 6.82. The van der Waals surface area contributed by atoms with Gasteiger partial charge in [-0.3, -0.25) is 5.10 Å². The van der Waals surface area contributed by atoms with Crippen LogP contribution in [0.4, 0.5) is 5.95 Å². The van der Waals surface area contributed by atoms with Crippen molar-refractivity contribution in [2.75, 3.05) is 5.73 Å². The predicted molar refractivity (Wildman–Crippen MR) is 95.2 cm³/mol. The first-order chi connectivity index (χ1) is 11.5. The molecule has 0 bridgehead atoms. The number of nitrogen functional groups attached to an aromatic ring is 1. The van der Waals surface area contributed by atoms with E-state index in [4.69, 9.17) is 45.8 Å². The molecule has 120 valence electrons. The minimum Gasteiger partial charge on any atom is -0.367 e. The van der Waals surface area contributed by atoms with E-state index in [1.807, 2.05) is 6.07 Å². The third-order valence-electron chi connectivity index (χ3n) is 3.40. The number of halogens is 3. The first kappa shape index (κ1) is 16.6. The normalized spacial score (nSPS) is 10.6. The molecule has 0 unspecified atom stereocenters. The lowest BCUT2D eigenvalue weighted by Crippen LogP contribution is -1.94. The Morgan fingerprint density at radius 2 is 1.79 bits per heavy atom. The lowest BCUT2D eigenvalue weighted by Gasteiger charge is -2.11. The molecule has 0 aliphatic carbocycles. The number of aromatic amines is 1. The maximum Gasteiger partial charge on any atom is 0.239 e. The van der Waals surface area contributed by atoms with Crippen LogP contribution in [-0.2, 0) is 6.42 Å². The molecule has 24 heavy (non-hydrogen) atoms. The maximum absolute atomic E-state index is 9.11. The number of anilines is 1. The number of hydrogen-bond acceptors (Lipinski definition) is 4. The Morgan fingerprint density at radius 1 is 1.08 bits per heavy atom. The molecule has 0 aliphatic heterocycles. The third-order valence-corrected chi connectivity index (χ3v) is 4.32. The van der Waals surface area contributed by atoms with Gasteiger partial charge in [-0.2, -0.15) is 10.2 Å². The average molecular weight is 379 g/mol. The van der Waals surface area contributed by atoms with E-state index in [9.17, 15) is 0 Å². The van der Waals surface area contributed by atoms with Crippen LogP contribution in [0.1, 0.15) is 17.0 Å². The summed E-state index contributed by atoms with van der Waals surface area (Å²) in [4.78, 5) is 4.05. The molecule has 2 aromatic carbocycles. The molecule has 3 aromatic rings. The van der Waals surface area contributed by atoms with Gasteiger partial charge in [0.25, 0.3) is 0 Å². The number of benzene rings is 2. The Labute approximate surface area is 153 Å². The molecule has 1 heterocycles. The SMILES string of the molecule is N#Cc1cc(-c2c(Cl)cc(Cc3nc(N)n[nH]3)cc2Cl)ccc1Cl. The van der Waals surface area contributed by atoms with E-state index in [-0.39, 0.29) is 5.95 Å². The molecular formula is C16H10Cl3N5. The second-order valence-corrected chi connectivity index (χ2v) is 6.28. The van der Waals surface area contributed by atoms with E-state index in [1.54, 1.807) is 30.3 Å². The van der Waals surface area contributed by atoms with Crippen molar-refractivity contribution in [1.29, 1.82) is 5.26 Å². The molecule has 1 aromatic heterocycles. The zero-order valence-electron chi connectivity index (χ0n) is 12.1. The van der Waals surface area contributed by atoms with Gasteiger partial charge in [-0.1, -0.05) is 40.9 Å². The summed E-state index contributed by atoms with van der Waals surface area (Å²) >= 11 is 18.8. The largest absolute Gasteiger partial charge is 0.367 e. The summed E-state index contributed by atoms with van der Waals surface area (Å²) in [6.45, 7) is 0. The molecule has 3 rings (SSSR count). The lowest BCUT2D eigenvalue weighted by atomic mass is 10.0. The van der Waals surface area contributed by atoms with Gasteiger partial charge >= 0.3 is 0 Å². The Bertz CT molecular complexity index is 936. The van der Waals surface area contributed by atoms with Gasteiger partial charge in [0.2, 0.25) is 5.95 Å². The molecule has 0 spiro atoms. The van der Waals surface area contributed by atoms with Crippen LogP contribution in [0.5, 0.6) is 0 Å². The summed E-state index contributed by atoms with van der Waals surface area (Å²) in [5, 5.41) is 17.0. The minimum atomic E-state index is 0.184. The van der Waals surface area contributed by atoms with Gasteiger partial charge in [-0.05, 0) is 35.4 Å². The number of aromatic nitrogens is 3. The van der Waals surface area contributed by atoms with Gasteiger partial charge < -0.3 is 5.73 Å². The van der Waals surface area contributed by atoms with E-state index in [2.05, 4.69) is 15.2 Å². The topological polar surface area (TPSA) is 91.4 Å². The molecule has 0 saturated carbocycles. The van der Waals surface area contributed by atoms with Crippen LogP contribution < -0.4 is 5.73 Å². The molecule has 5 nitrogen and oxygen atoms in total. The van der Waals surface area contributed by atoms with Crippen molar-refractivity contribution >= 4 is 40.8 Å². The maximum atomic E-state index is 9.11. The van der Waals surface area contributed by atoms with Crippen LogP contribution in [0.3, 0.4) is 0 Å². The quantitative estimate of drug-likeness (QED) is 0.703. The summed E-state index contributed by atoms with van der Waals surface area (Å²) < 4.78 is 0. The third kappa shape index (κ3) is 3.31. The van der Waals surface area contributed by atoms with Crippen LogP contribution in [0.25, 0.3) is 11.1 Å². The van der Waals surface area contributed by atoms with Crippen molar-refractivity contribution in [1.82, 2.24) is 15.2 Å². The van der Waals surface area contributed by atoms with Crippen LogP contribution in [0.2, 0.25) is 15.1 Å². The van der Waals surface area contributed by atoms with Crippen molar-refractivity contribution in [3.63, 3.8) is 0 Å². The Morgan fingerprint density at radius 3 is 2.38 bits per heavy atom. The number of nitrogens with one attached hydrogen (secondary N) is 1. The number of H-pyrrole nitrogens is 1. The molecule has 0 aliphatic rings. The molecule has 0 amide bonds. The molecule has 3 N–H and O–H groups in total. The van der Waals surface area contributed by atoms with Gasteiger partial charge in [0.1, 0.15) is 11.9 Å². The molecule has 0 fully saturated rings. The van der Waals surface area contributed by atoms with Crippen LogP contribution in [0, 0.1) is 11.3 Å². The number of nitrogens with zero attached hydrogens (tertiary/aromatic N) is 3. The monoisotopic (exact) mass is 377 g/mol. The van der Waals surface area contributed by atoms with E-state index in [1.165, 1.54) is 0 Å². The molecular weight excluding hydrogens is 369 g/mol. The summed E-state index contributed by atoms with van der Waals surface area (Å²) in [5.74, 6) is 0.801. The number of rotatable bonds is 3. The minimum absolute atomic E-state index is 0.184. The molecule has 8 heteroatoms. The summed E-state index contributed by atoms with van der Waals surface area (Å²) in [7, 11) is 0. The highest BCUT2D eigenvalue weighted by Crippen LogP contribution is 2.37. The van der Waals surface area contributed by atoms with E-state index < -0.39 is 0 Å². The fourth-order valence-electron chi connectivity index (χ4n) is 2.35. The Balaban J connectivity index is 2.00. The van der Waals surface area contributed by atoms with Gasteiger partial charge in [0, 0.05) is 12.0 Å². The summed E-state index contributed by atoms with van der Waals surface area (Å²) in [5.41, 5.74) is 8.08. The van der Waals surface area contributed by atoms with Crippen LogP contribution >= 0.6 is 34.8 Å². The van der Waals surface area contributed by atoms with Crippen molar-refractivity contribution in [2.45, 2.75) is 6.42 Å². The van der Waals surface area contributed by atoms with E-state index >= 15 is 0 Å². The number of nitrogens with two attached hydrogens (primary N) is 1. The predicted octanol–water partition coefficient (Wildman–Crippen LogP) is 4.48. The molecule has 0 atom stereocenters. The fourth-order valence-corrected chi connectivity index (χ4v) is 3.26. The van der Waals surface area contributed by atoms with Crippen molar-refractivity contribution in [3.8, 4) is 17.2 Å². The van der Waals surface area contributed by atoms with Crippen molar-refractivity contribution in [3.05, 3.63) is 62.4 Å². The van der Waals surface area contributed by atoms with E-state index in [0.29, 0.717) is 38.4 Å².